The van der Waals surface area contributed by atoms with Gasteiger partial charge in [0.15, 0.2) is 5.65 Å². The van der Waals surface area contributed by atoms with Crippen LogP contribution in [0.25, 0.3) is 21.6 Å². The van der Waals surface area contributed by atoms with Crippen molar-refractivity contribution in [2.45, 2.75) is 26.7 Å². The van der Waals surface area contributed by atoms with E-state index < -0.39 is 0 Å². The average Bonchev–Trinajstić information content (AvgIpc) is 3.23. The van der Waals surface area contributed by atoms with E-state index in [1.165, 1.54) is 6.42 Å². The molecule has 0 radical (unpaired) electrons. The highest BCUT2D eigenvalue weighted by molar-refractivity contribution is 7.13. The van der Waals surface area contributed by atoms with Crippen LogP contribution in [0.4, 0.5) is 0 Å². The van der Waals surface area contributed by atoms with E-state index in [0.29, 0.717) is 5.92 Å². The zero-order valence-electron chi connectivity index (χ0n) is 14.8. The maximum Gasteiger partial charge on any atom is 0.254 e. The number of hydrogen-bond acceptors (Lipinski definition) is 4. The van der Waals surface area contributed by atoms with Crippen LogP contribution in [0.1, 0.15) is 35.8 Å². The summed E-state index contributed by atoms with van der Waals surface area (Å²) in [6.45, 7) is 5.83. The Morgan fingerprint density at radius 3 is 2.96 bits per heavy atom. The number of piperidine rings is 1. The summed E-state index contributed by atoms with van der Waals surface area (Å²) >= 11 is 1.64. The number of carbonyl (C=O) groups is 1. The van der Waals surface area contributed by atoms with Crippen LogP contribution in [0.3, 0.4) is 0 Å². The monoisotopic (exact) mass is 354 g/mol. The standard InChI is InChI=1S/C19H22N4OS/c1-12-6-4-8-23(11-12)19(24)14-10-15(16-7-5-9-25-16)20-18-17(14)13(2)21-22(18)3/h5,7,9-10,12H,4,6,8,11H2,1-3H3. The molecule has 1 fully saturated rings. The van der Waals surface area contributed by atoms with Gasteiger partial charge in [0.25, 0.3) is 5.91 Å². The van der Waals surface area contributed by atoms with Crippen molar-refractivity contribution in [1.29, 1.82) is 0 Å². The Morgan fingerprint density at radius 1 is 1.40 bits per heavy atom. The summed E-state index contributed by atoms with van der Waals surface area (Å²) < 4.78 is 1.78. The largest absolute Gasteiger partial charge is 0.338 e. The predicted octanol–water partition coefficient (Wildman–Crippen LogP) is 3.88. The minimum Gasteiger partial charge on any atom is -0.338 e. The van der Waals surface area contributed by atoms with Crippen molar-refractivity contribution in [3.8, 4) is 10.6 Å². The smallest absolute Gasteiger partial charge is 0.254 e. The molecule has 0 bridgehead atoms. The van der Waals surface area contributed by atoms with Crippen LogP contribution in [0.15, 0.2) is 23.6 Å². The molecule has 1 atom stereocenters. The van der Waals surface area contributed by atoms with E-state index in [-0.39, 0.29) is 5.91 Å². The Labute approximate surface area is 151 Å². The molecule has 0 N–H and O–H groups in total. The van der Waals surface area contributed by atoms with Gasteiger partial charge in [0, 0.05) is 20.1 Å². The molecular formula is C19H22N4OS. The van der Waals surface area contributed by atoms with Crippen molar-refractivity contribution in [2.24, 2.45) is 13.0 Å². The molecule has 25 heavy (non-hydrogen) atoms. The van der Waals surface area contributed by atoms with Crippen LogP contribution in [0.2, 0.25) is 0 Å². The van der Waals surface area contributed by atoms with Gasteiger partial charge in [-0.25, -0.2) is 4.98 Å². The number of likely N-dealkylation sites (tertiary alicyclic amines) is 1. The van der Waals surface area contributed by atoms with Crippen LogP contribution >= 0.6 is 11.3 Å². The Bertz CT molecular complexity index is 929. The maximum atomic E-state index is 13.3. The molecular weight excluding hydrogens is 332 g/mol. The van der Waals surface area contributed by atoms with Gasteiger partial charge < -0.3 is 4.90 Å². The highest BCUT2D eigenvalue weighted by atomic mass is 32.1. The van der Waals surface area contributed by atoms with E-state index in [2.05, 4.69) is 12.0 Å². The van der Waals surface area contributed by atoms with Gasteiger partial charge in [0.2, 0.25) is 0 Å². The lowest BCUT2D eigenvalue weighted by atomic mass is 9.99. The molecule has 0 spiro atoms. The number of thiophene rings is 1. The molecule has 4 heterocycles. The number of carbonyl (C=O) groups excluding carboxylic acids is 1. The quantitative estimate of drug-likeness (QED) is 0.702. The van der Waals surface area contributed by atoms with Gasteiger partial charge in [-0.2, -0.15) is 5.10 Å². The molecule has 1 saturated heterocycles. The van der Waals surface area contributed by atoms with Gasteiger partial charge >= 0.3 is 0 Å². The Morgan fingerprint density at radius 2 is 2.24 bits per heavy atom. The third-order valence-electron chi connectivity index (χ3n) is 4.92. The zero-order valence-corrected chi connectivity index (χ0v) is 15.6. The van der Waals surface area contributed by atoms with E-state index in [1.807, 2.05) is 42.5 Å². The zero-order chi connectivity index (χ0) is 17.6. The number of amides is 1. The minimum atomic E-state index is 0.104. The highest BCUT2D eigenvalue weighted by Gasteiger charge is 2.26. The average molecular weight is 354 g/mol. The second-order valence-corrected chi connectivity index (χ2v) is 7.89. The Balaban J connectivity index is 1.87. The molecule has 1 aliphatic heterocycles. The fourth-order valence-electron chi connectivity index (χ4n) is 3.71. The van der Waals surface area contributed by atoms with Crippen LogP contribution < -0.4 is 0 Å². The van der Waals surface area contributed by atoms with Crippen molar-refractivity contribution in [2.75, 3.05) is 13.1 Å². The van der Waals surface area contributed by atoms with Crippen molar-refractivity contribution in [3.63, 3.8) is 0 Å². The van der Waals surface area contributed by atoms with Crippen molar-refractivity contribution in [1.82, 2.24) is 19.7 Å². The molecule has 130 valence electrons. The van der Waals surface area contributed by atoms with Crippen LogP contribution in [0, 0.1) is 12.8 Å². The van der Waals surface area contributed by atoms with Gasteiger partial charge in [-0.05, 0) is 43.2 Å². The molecule has 1 unspecified atom stereocenters. The molecule has 6 heteroatoms. The molecule has 0 aromatic carbocycles. The number of fused-ring (bicyclic) bond motifs is 1. The third kappa shape index (κ3) is 2.84. The fourth-order valence-corrected chi connectivity index (χ4v) is 4.39. The first-order valence-corrected chi connectivity index (χ1v) is 9.60. The maximum absolute atomic E-state index is 13.3. The van der Waals surface area contributed by atoms with E-state index in [4.69, 9.17) is 4.98 Å². The molecule has 3 aromatic rings. The molecule has 1 amide bonds. The number of aromatic nitrogens is 3. The Kier molecular flexibility index (Phi) is 4.07. The topological polar surface area (TPSA) is 51.0 Å². The number of pyridine rings is 1. The first-order chi connectivity index (χ1) is 12.0. The summed E-state index contributed by atoms with van der Waals surface area (Å²) in [4.78, 5) is 21.2. The fraction of sp³-hybridized carbons (Fsp3) is 0.421. The number of hydrogen-bond donors (Lipinski definition) is 0. The number of nitrogens with zero attached hydrogens (tertiary/aromatic N) is 4. The van der Waals surface area contributed by atoms with E-state index in [0.717, 1.165) is 52.4 Å². The minimum absolute atomic E-state index is 0.104. The predicted molar refractivity (Wildman–Crippen MR) is 101 cm³/mol. The second-order valence-electron chi connectivity index (χ2n) is 6.94. The first kappa shape index (κ1) is 16.3. The second kappa shape index (κ2) is 6.26. The lowest BCUT2D eigenvalue weighted by molar-refractivity contribution is 0.0685. The molecule has 1 aliphatic rings. The normalized spacial score (nSPS) is 18.0. The van der Waals surface area contributed by atoms with Gasteiger partial charge in [-0.3, -0.25) is 9.48 Å². The number of aryl methyl sites for hydroxylation is 2. The van der Waals surface area contributed by atoms with Crippen molar-refractivity contribution >= 4 is 28.3 Å². The van der Waals surface area contributed by atoms with Crippen LogP contribution in [-0.4, -0.2) is 38.7 Å². The molecule has 4 rings (SSSR count). The van der Waals surface area contributed by atoms with Gasteiger partial charge in [0.1, 0.15) is 0 Å². The van der Waals surface area contributed by atoms with Crippen LogP contribution in [-0.2, 0) is 7.05 Å². The summed E-state index contributed by atoms with van der Waals surface area (Å²) in [5.41, 5.74) is 3.21. The van der Waals surface area contributed by atoms with E-state index >= 15 is 0 Å². The lowest BCUT2D eigenvalue weighted by Gasteiger charge is -2.31. The van der Waals surface area contributed by atoms with E-state index in [1.54, 1.807) is 16.0 Å². The molecule has 0 saturated carbocycles. The van der Waals surface area contributed by atoms with Crippen molar-refractivity contribution in [3.05, 3.63) is 34.8 Å². The Hall–Kier alpha value is -2.21. The first-order valence-electron chi connectivity index (χ1n) is 8.72. The number of rotatable bonds is 2. The molecule has 0 aliphatic carbocycles. The highest BCUT2D eigenvalue weighted by Crippen LogP contribution is 2.30. The third-order valence-corrected chi connectivity index (χ3v) is 5.81. The van der Waals surface area contributed by atoms with Crippen LogP contribution in [0.5, 0.6) is 0 Å². The molecule has 5 nitrogen and oxygen atoms in total. The van der Waals surface area contributed by atoms with Gasteiger partial charge in [0.05, 0.1) is 27.2 Å². The van der Waals surface area contributed by atoms with Gasteiger partial charge in [-0.15, -0.1) is 11.3 Å². The lowest BCUT2D eigenvalue weighted by Crippen LogP contribution is -2.39. The SMILES string of the molecule is Cc1nn(C)c2nc(-c3cccs3)cc(C(=O)N3CCCC(C)C3)c12. The molecule has 3 aromatic heterocycles. The summed E-state index contributed by atoms with van der Waals surface area (Å²) in [6.07, 6.45) is 2.27. The summed E-state index contributed by atoms with van der Waals surface area (Å²) in [5.74, 6) is 0.662. The summed E-state index contributed by atoms with van der Waals surface area (Å²) in [7, 11) is 1.89. The summed E-state index contributed by atoms with van der Waals surface area (Å²) in [5, 5.41) is 7.41. The van der Waals surface area contributed by atoms with Crippen molar-refractivity contribution < 1.29 is 4.79 Å². The van der Waals surface area contributed by atoms with E-state index in [9.17, 15) is 4.79 Å². The summed E-state index contributed by atoms with van der Waals surface area (Å²) in [6, 6.07) is 6.00. The van der Waals surface area contributed by atoms with Gasteiger partial charge in [-0.1, -0.05) is 13.0 Å².